The standard InChI is InChI=1S/C18H29N/c1-4-14-19-17(15(5-2)6-3)18(12-13-18)16-10-8-7-9-11-16/h7-11,15,17,19H,4-6,12-14H2,1-3H3. The van der Waals surface area contributed by atoms with Gasteiger partial charge in [0.05, 0.1) is 0 Å². The largest absolute Gasteiger partial charge is 0.313 e. The third-order valence-corrected chi connectivity index (χ3v) is 4.87. The van der Waals surface area contributed by atoms with E-state index < -0.39 is 0 Å². The maximum Gasteiger partial charge on any atom is 0.0192 e. The number of rotatable bonds is 8. The molecular formula is C18H29N. The lowest BCUT2D eigenvalue weighted by Crippen LogP contribution is -2.45. The van der Waals surface area contributed by atoms with Crippen LogP contribution in [0.3, 0.4) is 0 Å². The van der Waals surface area contributed by atoms with Crippen LogP contribution in [0.25, 0.3) is 0 Å². The SMILES string of the molecule is CCCNC(C(CC)CC)C1(c2ccccc2)CC1. The van der Waals surface area contributed by atoms with Crippen molar-refractivity contribution in [3.63, 3.8) is 0 Å². The van der Waals surface area contributed by atoms with Gasteiger partial charge >= 0.3 is 0 Å². The van der Waals surface area contributed by atoms with Crippen LogP contribution in [0.2, 0.25) is 0 Å². The lowest BCUT2D eigenvalue weighted by atomic mass is 9.78. The highest BCUT2D eigenvalue weighted by atomic mass is 15.0. The Morgan fingerprint density at radius 1 is 1.05 bits per heavy atom. The van der Waals surface area contributed by atoms with Crippen LogP contribution in [0.1, 0.15) is 58.4 Å². The lowest BCUT2D eigenvalue weighted by molar-refractivity contribution is 0.277. The van der Waals surface area contributed by atoms with E-state index >= 15 is 0 Å². The lowest BCUT2D eigenvalue weighted by Gasteiger charge is -2.35. The van der Waals surface area contributed by atoms with E-state index in [1.807, 2.05) is 0 Å². The van der Waals surface area contributed by atoms with E-state index in [2.05, 4.69) is 56.4 Å². The highest BCUT2D eigenvalue weighted by Gasteiger charge is 2.51. The van der Waals surface area contributed by atoms with Gasteiger partial charge < -0.3 is 5.32 Å². The molecule has 0 heterocycles. The molecule has 1 saturated carbocycles. The monoisotopic (exact) mass is 259 g/mol. The summed E-state index contributed by atoms with van der Waals surface area (Å²) in [6.07, 6.45) is 6.50. The normalized spacial score (nSPS) is 18.5. The van der Waals surface area contributed by atoms with Gasteiger partial charge in [-0.1, -0.05) is 63.9 Å². The van der Waals surface area contributed by atoms with Gasteiger partial charge in [-0.3, -0.25) is 0 Å². The minimum atomic E-state index is 0.424. The summed E-state index contributed by atoms with van der Waals surface area (Å²) in [7, 11) is 0. The van der Waals surface area contributed by atoms with Gasteiger partial charge in [-0.2, -0.15) is 0 Å². The van der Waals surface area contributed by atoms with E-state index in [-0.39, 0.29) is 0 Å². The van der Waals surface area contributed by atoms with Crippen molar-refractivity contribution in [2.75, 3.05) is 6.54 Å². The van der Waals surface area contributed by atoms with Crippen LogP contribution < -0.4 is 5.32 Å². The maximum absolute atomic E-state index is 3.87. The molecule has 1 aromatic rings. The van der Waals surface area contributed by atoms with Crippen LogP contribution in [0.4, 0.5) is 0 Å². The highest BCUT2D eigenvalue weighted by Crippen LogP contribution is 2.53. The topological polar surface area (TPSA) is 12.0 Å². The van der Waals surface area contributed by atoms with Crippen LogP contribution in [0.5, 0.6) is 0 Å². The van der Waals surface area contributed by atoms with Gasteiger partial charge in [-0.05, 0) is 37.3 Å². The zero-order chi connectivity index (χ0) is 13.7. The Morgan fingerprint density at radius 2 is 1.68 bits per heavy atom. The molecule has 1 N–H and O–H groups in total. The molecule has 0 aromatic heterocycles. The summed E-state index contributed by atoms with van der Waals surface area (Å²) in [5.41, 5.74) is 1.98. The van der Waals surface area contributed by atoms with Crippen LogP contribution in [0.15, 0.2) is 30.3 Å². The average molecular weight is 259 g/mol. The fourth-order valence-corrected chi connectivity index (χ4v) is 3.56. The third-order valence-electron chi connectivity index (χ3n) is 4.87. The molecule has 0 aliphatic heterocycles. The predicted octanol–water partition coefficient (Wildman–Crippen LogP) is 4.52. The first-order valence-electron chi connectivity index (χ1n) is 8.07. The minimum Gasteiger partial charge on any atom is -0.313 e. The molecule has 2 rings (SSSR count). The Morgan fingerprint density at radius 3 is 2.16 bits per heavy atom. The Hall–Kier alpha value is -0.820. The second-order valence-corrected chi connectivity index (χ2v) is 6.03. The molecule has 106 valence electrons. The molecule has 0 spiro atoms. The predicted molar refractivity (Wildman–Crippen MR) is 83.5 cm³/mol. The molecule has 1 fully saturated rings. The van der Waals surface area contributed by atoms with E-state index in [1.165, 1.54) is 32.1 Å². The summed E-state index contributed by atoms with van der Waals surface area (Å²) < 4.78 is 0. The van der Waals surface area contributed by atoms with Crippen molar-refractivity contribution in [1.82, 2.24) is 5.32 Å². The van der Waals surface area contributed by atoms with Gasteiger partial charge in [-0.25, -0.2) is 0 Å². The highest BCUT2D eigenvalue weighted by molar-refractivity contribution is 5.34. The first-order valence-corrected chi connectivity index (χ1v) is 8.07. The maximum atomic E-state index is 3.87. The van der Waals surface area contributed by atoms with Crippen molar-refractivity contribution in [2.24, 2.45) is 5.92 Å². The van der Waals surface area contributed by atoms with Crippen LogP contribution >= 0.6 is 0 Å². The van der Waals surface area contributed by atoms with E-state index in [9.17, 15) is 0 Å². The van der Waals surface area contributed by atoms with E-state index in [0.29, 0.717) is 11.5 Å². The quantitative estimate of drug-likeness (QED) is 0.723. The van der Waals surface area contributed by atoms with Gasteiger partial charge in [0.25, 0.3) is 0 Å². The molecule has 19 heavy (non-hydrogen) atoms. The average Bonchev–Trinajstić information content (AvgIpc) is 3.26. The summed E-state index contributed by atoms with van der Waals surface area (Å²) in [6.45, 7) is 8.10. The Balaban J connectivity index is 2.22. The van der Waals surface area contributed by atoms with Gasteiger partial charge in [-0.15, -0.1) is 0 Å². The molecule has 0 saturated heterocycles. The van der Waals surface area contributed by atoms with Crippen LogP contribution in [-0.2, 0) is 5.41 Å². The summed E-state index contributed by atoms with van der Waals surface area (Å²) >= 11 is 0. The van der Waals surface area contributed by atoms with Crippen molar-refractivity contribution in [1.29, 1.82) is 0 Å². The molecule has 0 bridgehead atoms. The molecule has 1 unspecified atom stereocenters. The number of hydrogen-bond donors (Lipinski definition) is 1. The Kier molecular flexibility index (Phi) is 5.04. The summed E-state index contributed by atoms with van der Waals surface area (Å²) in [5.74, 6) is 0.800. The molecule has 0 radical (unpaired) electrons. The fraction of sp³-hybridized carbons (Fsp3) is 0.667. The molecule has 1 aliphatic carbocycles. The summed E-state index contributed by atoms with van der Waals surface area (Å²) in [5, 5.41) is 3.87. The zero-order valence-electron chi connectivity index (χ0n) is 12.8. The van der Waals surface area contributed by atoms with Crippen molar-refractivity contribution < 1.29 is 0 Å². The first kappa shape index (κ1) is 14.6. The van der Waals surface area contributed by atoms with Crippen LogP contribution in [0, 0.1) is 5.92 Å². The van der Waals surface area contributed by atoms with Gasteiger partial charge in [0.2, 0.25) is 0 Å². The third kappa shape index (κ3) is 3.02. The van der Waals surface area contributed by atoms with Crippen molar-refractivity contribution in [2.45, 2.75) is 64.3 Å². The van der Waals surface area contributed by atoms with Crippen molar-refractivity contribution >= 4 is 0 Å². The number of nitrogens with one attached hydrogen (secondary N) is 1. The molecule has 1 heteroatoms. The van der Waals surface area contributed by atoms with Crippen molar-refractivity contribution in [3.8, 4) is 0 Å². The van der Waals surface area contributed by atoms with E-state index in [1.54, 1.807) is 5.56 Å². The summed E-state index contributed by atoms with van der Waals surface area (Å²) in [4.78, 5) is 0. The first-order chi connectivity index (χ1) is 9.28. The number of hydrogen-bond acceptors (Lipinski definition) is 1. The van der Waals surface area contributed by atoms with E-state index in [4.69, 9.17) is 0 Å². The molecular weight excluding hydrogens is 230 g/mol. The van der Waals surface area contributed by atoms with Crippen LogP contribution in [-0.4, -0.2) is 12.6 Å². The molecule has 0 amide bonds. The fourth-order valence-electron chi connectivity index (χ4n) is 3.56. The molecule has 1 nitrogen and oxygen atoms in total. The van der Waals surface area contributed by atoms with Gasteiger partial charge in [0.15, 0.2) is 0 Å². The smallest absolute Gasteiger partial charge is 0.0192 e. The second-order valence-electron chi connectivity index (χ2n) is 6.03. The second kappa shape index (κ2) is 6.56. The van der Waals surface area contributed by atoms with Gasteiger partial charge in [0, 0.05) is 11.5 Å². The number of benzene rings is 1. The molecule has 1 aromatic carbocycles. The van der Waals surface area contributed by atoms with E-state index in [0.717, 1.165) is 12.5 Å². The van der Waals surface area contributed by atoms with Crippen molar-refractivity contribution in [3.05, 3.63) is 35.9 Å². The summed E-state index contributed by atoms with van der Waals surface area (Å²) in [6, 6.07) is 11.8. The Bertz CT molecular complexity index is 363. The molecule has 1 aliphatic rings. The zero-order valence-corrected chi connectivity index (χ0v) is 12.8. The molecule has 1 atom stereocenters. The van der Waals surface area contributed by atoms with Gasteiger partial charge in [0.1, 0.15) is 0 Å². The minimum absolute atomic E-state index is 0.424. The Labute approximate surface area is 118 Å².